The predicted molar refractivity (Wildman–Crippen MR) is 137 cm³/mol. The first-order valence-corrected chi connectivity index (χ1v) is 13.6. The molecule has 182 valence electrons. The average molecular weight is 503 g/mol. The highest BCUT2D eigenvalue weighted by Crippen LogP contribution is 2.22. The number of fused-ring (bicyclic) bond motifs is 1. The first-order chi connectivity index (χ1) is 16.2. The number of amides is 1. The number of nitrogens with one attached hydrogen (secondary N) is 1. The number of sulfonamides is 1. The SMILES string of the molecule is CCN(CC)S(=O)(=O)c1cccc(NC(=O)CSc2nc3ccccc3c(=O)n2CC(C)C)c1. The summed E-state index contributed by atoms with van der Waals surface area (Å²) in [5.41, 5.74) is 0.853. The molecule has 2 aromatic carbocycles. The van der Waals surface area contributed by atoms with E-state index in [1.807, 2.05) is 19.9 Å². The van der Waals surface area contributed by atoms with Gasteiger partial charge < -0.3 is 5.32 Å². The van der Waals surface area contributed by atoms with Crippen molar-refractivity contribution in [2.24, 2.45) is 5.92 Å². The molecule has 0 aliphatic rings. The van der Waals surface area contributed by atoms with Crippen molar-refractivity contribution < 1.29 is 13.2 Å². The maximum Gasteiger partial charge on any atom is 0.262 e. The van der Waals surface area contributed by atoms with E-state index in [1.165, 1.54) is 28.2 Å². The second-order valence-corrected chi connectivity index (χ2v) is 11.1. The molecule has 1 heterocycles. The molecule has 0 unspecified atom stereocenters. The molecule has 0 radical (unpaired) electrons. The van der Waals surface area contributed by atoms with Crippen LogP contribution in [-0.2, 0) is 21.4 Å². The zero-order valence-corrected chi connectivity index (χ0v) is 21.4. The lowest BCUT2D eigenvalue weighted by atomic mass is 10.2. The number of benzene rings is 2. The molecule has 1 amide bonds. The van der Waals surface area contributed by atoms with Crippen LogP contribution in [0.25, 0.3) is 10.9 Å². The standard InChI is InChI=1S/C24H30N4O4S2/c1-5-27(6-2)34(31,32)19-11-9-10-18(14-19)25-22(29)16-33-24-26-21-13-8-7-12-20(21)23(30)28(24)15-17(3)4/h7-14,17H,5-6,15-16H2,1-4H3,(H,25,29). The van der Waals surface area contributed by atoms with Crippen LogP contribution in [0.4, 0.5) is 5.69 Å². The van der Waals surface area contributed by atoms with Crippen LogP contribution in [0.1, 0.15) is 27.7 Å². The molecule has 10 heteroatoms. The lowest BCUT2D eigenvalue weighted by Gasteiger charge is -2.19. The summed E-state index contributed by atoms with van der Waals surface area (Å²) in [7, 11) is -3.63. The third-order valence-corrected chi connectivity index (χ3v) is 8.19. The number of thioether (sulfide) groups is 1. The minimum atomic E-state index is -3.63. The lowest BCUT2D eigenvalue weighted by Crippen LogP contribution is -2.30. The van der Waals surface area contributed by atoms with Gasteiger partial charge in [0.05, 0.1) is 21.6 Å². The maximum atomic E-state index is 13.0. The highest BCUT2D eigenvalue weighted by Gasteiger charge is 2.22. The van der Waals surface area contributed by atoms with E-state index in [9.17, 15) is 18.0 Å². The molecule has 0 atom stereocenters. The number of nitrogens with zero attached hydrogens (tertiary/aromatic N) is 3. The Labute approximate surface area is 204 Å². The van der Waals surface area contributed by atoms with Gasteiger partial charge in [0.2, 0.25) is 15.9 Å². The van der Waals surface area contributed by atoms with Gasteiger partial charge in [0.1, 0.15) is 0 Å². The monoisotopic (exact) mass is 502 g/mol. The van der Waals surface area contributed by atoms with Crippen LogP contribution in [0.15, 0.2) is 63.4 Å². The number of hydrogen-bond acceptors (Lipinski definition) is 6. The van der Waals surface area contributed by atoms with Crippen LogP contribution in [0.2, 0.25) is 0 Å². The van der Waals surface area contributed by atoms with Gasteiger partial charge in [0.15, 0.2) is 5.16 Å². The third kappa shape index (κ3) is 5.86. The van der Waals surface area contributed by atoms with Gasteiger partial charge >= 0.3 is 0 Å². The smallest absolute Gasteiger partial charge is 0.262 e. The Morgan fingerprint density at radius 1 is 1.12 bits per heavy atom. The van der Waals surface area contributed by atoms with Crippen LogP contribution < -0.4 is 10.9 Å². The van der Waals surface area contributed by atoms with E-state index in [-0.39, 0.29) is 28.0 Å². The van der Waals surface area contributed by atoms with Gasteiger partial charge in [-0.3, -0.25) is 14.2 Å². The van der Waals surface area contributed by atoms with Crippen molar-refractivity contribution in [2.45, 2.75) is 44.3 Å². The van der Waals surface area contributed by atoms with Crippen LogP contribution in [0.5, 0.6) is 0 Å². The van der Waals surface area contributed by atoms with E-state index in [0.717, 1.165) is 0 Å². The molecule has 0 saturated carbocycles. The normalized spacial score (nSPS) is 11.9. The maximum absolute atomic E-state index is 13.0. The van der Waals surface area contributed by atoms with Gasteiger partial charge in [0.25, 0.3) is 5.56 Å². The predicted octanol–water partition coefficient (Wildman–Crippen LogP) is 3.81. The van der Waals surface area contributed by atoms with Crippen molar-refractivity contribution in [3.05, 3.63) is 58.9 Å². The summed E-state index contributed by atoms with van der Waals surface area (Å²) < 4.78 is 28.5. The Bertz CT molecular complexity index is 1330. The molecule has 0 bridgehead atoms. The number of rotatable bonds is 10. The summed E-state index contributed by atoms with van der Waals surface area (Å²) in [5, 5.41) is 3.78. The molecule has 1 N–H and O–H groups in total. The molecule has 1 aromatic heterocycles. The zero-order valence-electron chi connectivity index (χ0n) is 19.8. The molecular formula is C24H30N4O4S2. The highest BCUT2D eigenvalue weighted by atomic mass is 32.2. The molecule has 0 fully saturated rings. The van der Waals surface area contributed by atoms with Crippen LogP contribution in [0, 0.1) is 5.92 Å². The van der Waals surface area contributed by atoms with Gasteiger partial charge in [-0.15, -0.1) is 0 Å². The molecule has 0 aliphatic carbocycles. The molecular weight excluding hydrogens is 472 g/mol. The van der Waals surface area contributed by atoms with Gasteiger partial charge in [-0.2, -0.15) is 4.31 Å². The summed E-state index contributed by atoms with van der Waals surface area (Å²) in [5.74, 6) is -0.0687. The van der Waals surface area contributed by atoms with Gasteiger partial charge in [-0.25, -0.2) is 13.4 Å². The molecule has 0 aliphatic heterocycles. The van der Waals surface area contributed by atoms with Gasteiger partial charge in [0, 0.05) is 25.3 Å². The molecule has 3 rings (SSSR count). The van der Waals surface area contributed by atoms with Crippen molar-refractivity contribution in [1.29, 1.82) is 0 Å². The van der Waals surface area contributed by atoms with E-state index >= 15 is 0 Å². The van der Waals surface area contributed by atoms with Crippen molar-refractivity contribution in [3.8, 4) is 0 Å². The first-order valence-electron chi connectivity index (χ1n) is 11.2. The fourth-order valence-corrected chi connectivity index (χ4v) is 5.87. The molecule has 8 nitrogen and oxygen atoms in total. The topological polar surface area (TPSA) is 101 Å². The van der Waals surface area contributed by atoms with Crippen molar-refractivity contribution in [3.63, 3.8) is 0 Å². The van der Waals surface area contributed by atoms with Crippen molar-refractivity contribution in [2.75, 3.05) is 24.2 Å². The van der Waals surface area contributed by atoms with Crippen molar-refractivity contribution in [1.82, 2.24) is 13.9 Å². The minimum absolute atomic E-state index is 0.0237. The lowest BCUT2D eigenvalue weighted by molar-refractivity contribution is -0.113. The van der Waals surface area contributed by atoms with E-state index < -0.39 is 10.0 Å². The van der Waals surface area contributed by atoms with Crippen molar-refractivity contribution >= 4 is 44.3 Å². The van der Waals surface area contributed by atoms with Crippen LogP contribution >= 0.6 is 11.8 Å². The Hall–Kier alpha value is -2.69. The summed E-state index contributed by atoms with van der Waals surface area (Å²) in [6, 6.07) is 13.4. The summed E-state index contributed by atoms with van der Waals surface area (Å²) in [6.07, 6.45) is 0. The molecule has 34 heavy (non-hydrogen) atoms. The molecule has 0 saturated heterocycles. The second-order valence-electron chi connectivity index (χ2n) is 8.18. The number of para-hydroxylation sites is 1. The molecule has 0 spiro atoms. The minimum Gasteiger partial charge on any atom is -0.325 e. The van der Waals surface area contributed by atoms with E-state index in [2.05, 4.69) is 10.3 Å². The fourth-order valence-electron chi connectivity index (χ4n) is 3.56. The third-order valence-electron chi connectivity index (χ3n) is 5.17. The fraction of sp³-hybridized carbons (Fsp3) is 0.375. The molecule has 3 aromatic rings. The van der Waals surface area contributed by atoms with Gasteiger partial charge in [-0.05, 0) is 36.2 Å². The van der Waals surface area contributed by atoms with Gasteiger partial charge in [-0.1, -0.05) is 57.7 Å². The number of carbonyl (C=O) groups excluding carboxylic acids is 1. The Kier molecular flexibility index (Phi) is 8.51. The van der Waals surface area contributed by atoms with Crippen LogP contribution in [-0.4, -0.2) is 47.0 Å². The second kappa shape index (κ2) is 11.2. The number of anilines is 1. The first kappa shape index (κ1) is 25.9. The quantitative estimate of drug-likeness (QED) is 0.334. The largest absolute Gasteiger partial charge is 0.325 e. The summed E-state index contributed by atoms with van der Waals surface area (Å²) >= 11 is 1.18. The van der Waals surface area contributed by atoms with E-state index in [1.54, 1.807) is 48.7 Å². The number of hydrogen-bond donors (Lipinski definition) is 1. The Morgan fingerprint density at radius 3 is 2.50 bits per heavy atom. The number of aromatic nitrogens is 2. The highest BCUT2D eigenvalue weighted by molar-refractivity contribution is 7.99. The Balaban J connectivity index is 1.79. The summed E-state index contributed by atoms with van der Waals surface area (Å²) in [6.45, 7) is 8.81. The average Bonchev–Trinajstić information content (AvgIpc) is 2.80. The van der Waals surface area contributed by atoms with E-state index in [0.29, 0.717) is 41.4 Å². The summed E-state index contributed by atoms with van der Waals surface area (Å²) in [4.78, 5) is 30.4. The zero-order chi connectivity index (χ0) is 24.9. The van der Waals surface area contributed by atoms with Crippen LogP contribution in [0.3, 0.4) is 0 Å². The Morgan fingerprint density at radius 2 is 1.82 bits per heavy atom. The number of carbonyl (C=O) groups is 1. The van der Waals surface area contributed by atoms with E-state index in [4.69, 9.17) is 0 Å².